The van der Waals surface area contributed by atoms with Crippen molar-refractivity contribution in [2.75, 3.05) is 11.9 Å². The number of rotatable bonds is 4. The minimum atomic E-state index is -1.19. The number of aliphatic hydroxyl groups excluding tert-OH is 3. The molecule has 2 aromatic heterocycles. The summed E-state index contributed by atoms with van der Waals surface area (Å²) in [7, 11) is 0. The van der Waals surface area contributed by atoms with Crippen molar-refractivity contribution in [1.82, 2.24) is 14.5 Å². The number of fused-ring (bicyclic) bond motifs is 1. The van der Waals surface area contributed by atoms with Crippen LogP contribution in [0.3, 0.4) is 0 Å². The minimum absolute atomic E-state index is 0.307. The fourth-order valence-electron chi connectivity index (χ4n) is 3.67. The molecule has 0 bridgehead atoms. The van der Waals surface area contributed by atoms with Crippen LogP contribution in [0.1, 0.15) is 31.9 Å². The van der Waals surface area contributed by atoms with E-state index in [4.69, 9.17) is 16.3 Å². The molecule has 8 nitrogen and oxygen atoms in total. The quantitative estimate of drug-likeness (QED) is 0.596. The smallest absolute Gasteiger partial charge is 0.165 e. The monoisotopic (exact) mass is 368 g/mol. The Balaban J connectivity index is 1.70. The maximum Gasteiger partial charge on any atom is 0.165 e. The van der Waals surface area contributed by atoms with Crippen LogP contribution < -0.4 is 5.32 Å². The van der Waals surface area contributed by atoms with Crippen LogP contribution in [0.4, 0.5) is 5.69 Å². The Hall–Kier alpha value is -1.45. The maximum absolute atomic E-state index is 10.2. The van der Waals surface area contributed by atoms with E-state index in [0.29, 0.717) is 22.4 Å². The largest absolute Gasteiger partial charge is 0.394 e. The molecule has 0 amide bonds. The van der Waals surface area contributed by atoms with Crippen molar-refractivity contribution in [3.63, 3.8) is 0 Å². The van der Waals surface area contributed by atoms with Gasteiger partial charge < -0.3 is 25.4 Å². The molecule has 0 spiro atoms. The average Bonchev–Trinajstić information content (AvgIpc) is 3.29. The lowest BCUT2D eigenvalue weighted by Crippen LogP contribution is -2.33. The van der Waals surface area contributed by atoms with Gasteiger partial charge in [0.15, 0.2) is 11.9 Å². The van der Waals surface area contributed by atoms with Crippen molar-refractivity contribution in [3.8, 4) is 0 Å². The Morgan fingerprint density at radius 1 is 1.28 bits per heavy atom. The average molecular weight is 369 g/mol. The summed E-state index contributed by atoms with van der Waals surface area (Å²) in [5.74, 6) is 0. The van der Waals surface area contributed by atoms with Gasteiger partial charge in [0.05, 0.1) is 18.6 Å². The molecule has 9 heteroatoms. The fraction of sp³-hybridized carbons (Fsp3) is 0.625. The first-order chi connectivity index (χ1) is 12.1. The van der Waals surface area contributed by atoms with Gasteiger partial charge in [-0.1, -0.05) is 24.4 Å². The zero-order valence-corrected chi connectivity index (χ0v) is 14.3. The molecular weight excluding hydrogens is 348 g/mol. The third-order valence-corrected chi connectivity index (χ3v) is 5.20. The van der Waals surface area contributed by atoms with Crippen LogP contribution in [-0.4, -0.2) is 60.8 Å². The van der Waals surface area contributed by atoms with E-state index in [1.54, 1.807) is 10.6 Å². The SMILES string of the molecule is OC[C@@H]1O[C@H](n2cnc3c(NC4CCCC4)cc(Cl)nc32)[C@@H](O)[C@H]1O. The van der Waals surface area contributed by atoms with E-state index in [9.17, 15) is 15.3 Å². The Morgan fingerprint density at radius 3 is 2.72 bits per heavy atom. The van der Waals surface area contributed by atoms with Gasteiger partial charge in [0.2, 0.25) is 0 Å². The summed E-state index contributed by atoms with van der Waals surface area (Å²) in [6, 6.07) is 2.14. The van der Waals surface area contributed by atoms with Gasteiger partial charge in [0.25, 0.3) is 0 Å². The van der Waals surface area contributed by atoms with Crippen molar-refractivity contribution in [2.45, 2.75) is 56.3 Å². The normalized spacial score (nSPS) is 30.4. The number of hydrogen-bond acceptors (Lipinski definition) is 7. The fourth-order valence-corrected chi connectivity index (χ4v) is 3.86. The highest BCUT2D eigenvalue weighted by atomic mass is 35.5. The summed E-state index contributed by atoms with van der Waals surface area (Å²) in [6.07, 6.45) is 2.02. The van der Waals surface area contributed by atoms with Crippen LogP contribution in [0, 0.1) is 0 Å². The van der Waals surface area contributed by atoms with Crippen molar-refractivity contribution in [1.29, 1.82) is 0 Å². The van der Waals surface area contributed by atoms with Crippen molar-refractivity contribution < 1.29 is 20.1 Å². The van der Waals surface area contributed by atoms with Crippen LogP contribution >= 0.6 is 11.6 Å². The van der Waals surface area contributed by atoms with Crippen LogP contribution in [0.15, 0.2) is 12.4 Å². The molecular formula is C16H21ClN4O4. The van der Waals surface area contributed by atoms with Gasteiger partial charge in [0, 0.05) is 12.1 Å². The highest BCUT2D eigenvalue weighted by Crippen LogP contribution is 2.34. The highest BCUT2D eigenvalue weighted by Gasteiger charge is 2.44. The number of anilines is 1. The Morgan fingerprint density at radius 2 is 2.04 bits per heavy atom. The van der Waals surface area contributed by atoms with E-state index in [0.717, 1.165) is 18.5 Å². The van der Waals surface area contributed by atoms with Crippen molar-refractivity contribution >= 4 is 28.5 Å². The summed E-state index contributed by atoms with van der Waals surface area (Å²) >= 11 is 6.18. The molecule has 0 unspecified atom stereocenters. The van der Waals surface area contributed by atoms with Crippen LogP contribution in [0.2, 0.25) is 5.15 Å². The molecule has 1 saturated carbocycles. The van der Waals surface area contributed by atoms with E-state index in [1.807, 2.05) is 0 Å². The molecule has 0 aromatic carbocycles. The number of hydrogen-bond donors (Lipinski definition) is 4. The summed E-state index contributed by atoms with van der Waals surface area (Å²) < 4.78 is 7.12. The zero-order chi connectivity index (χ0) is 17.6. The predicted molar refractivity (Wildman–Crippen MR) is 91.4 cm³/mol. The van der Waals surface area contributed by atoms with E-state index < -0.39 is 24.5 Å². The molecule has 2 aliphatic rings. The van der Waals surface area contributed by atoms with Crippen LogP contribution in [0.25, 0.3) is 11.2 Å². The molecule has 4 rings (SSSR count). The second kappa shape index (κ2) is 6.69. The molecule has 25 heavy (non-hydrogen) atoms. The minimum Gasteiger partial charge on any atom is -0.394 e. The lowest BCUT2D eigenvalue weighted by Gasteiger charge is -2.17. The van der Waals surface area contributed by atoms with Gasteiger partial charge >= 0.3 is 0 Å². The number of ether oxygens (including phenoxy) is 1. The number of halogens is 1. The molecule has 2 fully saturated rings. The summed E-state index contributed by atoms with van der Waals surface area (Å²) in [5.41, 5.74) is 1.89. The zero-order valence-electron chi connectivity index (χ0n) is 13.5. The molecule has 1 saturated heterocycles. The number of pyridine rings is 1. The summed E-state index contributed by atoms with van der Waals surface area (Å²) in [6.45, 7) is -0.385. The molecule has 1 aliphatic heterocycles. The number of imidazole rings is 1. The van der Waals surface area contributed by atoms with Crippen LogP contribution in [0.5, 0.6) is 0 Å². The number of nitrogens with zero attached hydrogens (tertiary/aromatic N) is 3. The van der Waals surface area contributed by atoms with Gasteiger partial charge in [-0.05, 0) is 12.8 Å². The van der Waals surface area contributed by atoms with E-state index in [-0.39, 0.29) is 6.61 Å². The lowest BCUT2D eigenvalue weighted by atomic mass is 10.1. The van der Waals surface area contributed by atoms with Crippen molar-refractivity contribution in [3.05, 3.63) is 17.5 Å². The Bertz CT molecular complexity index is 764. The topological polar surface area (TPSA) is 113 Å². The summed E-state index contributed by atoms with van der Waals surface area (Å²) in [4.78, 5) is 8.72. The van der Waals surface area contributed by atoms with Gasteiger partial charge in [-0.2, -0.15) is 0 Å². The van der Waals surface area contributed by atoms with E-state index in [1.165, 1.54) is 19.2 Å². The number of nitrogens with one attached hydrogen (secondary N) is 1. The van der Waals surface area contributed by atoms with Gasteiger partial charge in [-0.15, -0.1) is 0 Å². The molecule has 0 radical (unpaired) electrons. The molecule has 4 atom stereocenters. The molecule has 136 valence electrons. The third-order valence-electron chi connectivity index (χ3n) is 5.00. The molecule has 2 aromatic rings. The lowest BCUT2D eigenvalue weighted by molar-refractivity contribution is -0.0511. The molecule has 3 heterocycles. The second-order valence-corrected chi connectivity index (χ2v) is 7.06. The molecule has 1 aliphatic carbocycles. The first-order valence-corrected chi connectivity index (χ1v) is 8.88. The highest BCUT2D eigenvalue weighted by molar-refractivity contribution is 6.30. The second-order valence-electron chi connectivity index (χ2n) is 6.67. The molecule has 4 N–H and O–H groups in total. The first-order valence-electron chi connectivity index (χ1n) is 8.50. The number of aliphatic hydroxyl groups is 3. The standard InChI is InChI=1S/C16H21ClN4O4/c17-11-5-9(19-8-3-1-2-4-8)12-15(20-11)21(7-18-12)16-14(24)13(23)10(6-22)25-16/h5,7-8,10,13-14,16,22-24H,1-4,6H2,(H,19,20)/t10-,13-,14-,16-/m0/s1. The number of aromatic nitrogens is 3. The van der Waals surface area contributed by atoms with Crippen LogP contribution in [-0.2, 0) is 4.74 Å². The third kappa shape index (κ3) is 2.98. The van der Waals surface area contributed by atoms with Gasteiger partial charge in [-0.3, -0.25) is 4.57 Å². The maximum atomic E-state index is 10.2. The predicted octanol–water partition coefficient (Wildman–Crippen LogP) is 1.05. The van der Waals surface area contributed by atoms with E-state index >= 15 is 0 Å². The van der Waals surface area contributed by atoms with E-state index in [2.05, 4.69) is 15.3 Å². The van der Waals surface area contributed by atoms with Crippen molar-refractivity contribution in [2.24, 2.45) is 0 Å². The first kappa shape index (κ1) is 17.0. The van der Waals surface area contributed by atoms with Gasteiger partial charge in [0.1, 0.15) is 29.0 Å². The van der Waals surface area contributed by atoms with Gasteiger partial charge in [-0.25, -0.2) is 9.97 Å². The Kier molecular flexibility index (Phi) is 4.55. The summed E-state index contributed by atoms with van der Waals surface area (Å²) in [5, 5.41) is 33.3. The Labute approximate surface area is 149 Å².